The van der Waals surface area contributed by atoms with E-state index in [0.717, 1.165) is 38.5 Å². The largest absolute Gasteiger partial charge is 0.457 e. The van der Waals surface area contributed by atoms with E-state index in [1.807, 2.05) is 30.3 Å². The van der Waals surface area contributed by atoms with Crippen molar-refractivity contribution >= 4 is 5.90 Å². The summed E-state index contributed by atoms with van der Waals surface area (Å²) in [6.45, 7) is 0. The lowest BCUT2D eigenvalue weighted by molar-refractivity contribution is -0.287. The molecule has 1 N–H and O–H groups in total. The molecule has 7 heteroatoms. The Morgan fingerprint density at radius 2 is 1.45 bits per heavy atom. The third-order valence-corrected chi connectivity index (χ3v) is 8.46. The van der Waals surface area contributed by atoms with E-state index < -0.39 is 28.6 Å². The normalized spacial score (nSPS) is 30.6. The predicted octanol–water partition coefficient (Wildman–Crippen LogP) is 7.33. The lowest BCUT2D eigenvalue weighted by Gasteiger charge is -2.50. The van der Waals surface area contributed by atoms with Crippen LogP contribution in [-0.4, -0.2) is 11.7 Å². The van der Waals surface area contributed by atoms with Crippen molar-refractivity contribution < 1.29 is 14.2 Å². The van der Waals surface area contributed by atoms with E-state index in [4.69, 9.17) is 19.6 Å². The fourth-order valence-corrected chi connectivity index (χ4v) is 6.59. The van der Waals surface area contributed by atoms with Crippen LogP contribution in [0.1, 0.15) is 75.9 Å². The highest BCUT2D eigenvalue weighted by Crippen LogP contribution is 2.68. The number of benzene rings is 2. The van der Waals surface area contributed by atoms with Gasteiger partial charge in [-0.1, -0.05) is 75.3 Å². The molecule has 1 saturated carbocycles. The molecule has 0 spiro atoms. The van der Waals surface area contributed by atoms with Crippen molar-refractivity contribution in [2.45, 2.75) is 76.1 Å². The molecule has 1 aliphatic carbocycles. The zero-order valence-corrected chi connectivity index (χ0v) is 21.5. The van der Waals surface area contributed by atoms with Gasteiger partial charge in [-0.05, 0) is 42.7 Å². The van der Waals surface area contributed by atoms with Crippen molar-refractivity contribution in [2.75, 3.05) is 0 Å². The van der Waals surface area contributed by atoms with Crippen LogP contribution in [0.4, 0.5) is 0 Å². The molecule has 0 amide bonds. The number of nitrogens with zero attached hydrogens (tertiary/aromatic N) is 3. The molecule has 2 bridgehead atoms. The monoisotopic (exact) mass is 508 g/mol. The number of nitriles is 3. The summed E-state index contributed by atoms with van der Waals surface area (Å²) in [5.74, 6) is -0.953. The fourth-order valence-electron chi connectivity index (χ4n) is 6.59. The van der Waals surface area contributed by atoms with Crippen molar-refractivity contribution in [3.05, 3.63) is 60.2 Å². The molecular weight excluding hydrogens is 476 g/mol. The standard InChI is InChI=1S/C31H32N4O3/c32-20-29(21-33)27(23-13-12-16-25(19-23)36-24-14-8-7-9-15-24)37-31-18-11-6-4-2-1-3-5-10-17-26(31)30(29,22-34)28(35)38-31/h7-9,12-16,19,26-27,35H,1-6,10-11,17-18H2. The Bertz CT molecular complexity index is 1290. The summed E-state index contributed by atoms with van der Waals surface area (Å²) < 4.78 is 19.0. The first-order valence-electron chi connectivity index (χ1n) is 13.6. The van der Waals surface area contributed by atoms with Crippen LogP contribution in [0, 0.1) is 56.2 Å². The van der Waals surface area contributed by atoms with Gasteiger partial charge in [-0.15, -0.1) is 0 Å². The number of ether oxygens (including phenoxy) is 3. The summed E-state index contributed by atoms with van der Waals surface area (Å²) in [5.41, 5.74) is -3.16. The second-order valence-corrected chi connectivity index (χ2v) is 10.6. The van der Waals surface area contributed by atoms with Crippen LogP contribution in [0.5, 0.6) is 11.5 Å². The Hall–Kier alpha value is -3.86. The molecule has 2 aromatic carbocycles. The lowest BCUT2D eigenvalue weighted by Crippen LogP contribution is -2.59. The smallest absolute Gasteiger partial charge is 0.217 e. The van der Waals surface area contributed by atoms with E-state index in [0.29, 0.717) is 29.9 Å². The zero-order chi connectivity index (χ0) is 26.6. The van der Waals surface area contributed by atoms with Gasteiger partial charge in [0.25, 0.3) is 0 Å². The lowest BCUT2D eigenvalue weighted by atomic mass is 9.52. The molecular formula is C31H32N4O3. The number of para-hydroxylation sites is 1. The molecule has 5 rings (SSSR count). The first-order valence-corrected chi connectivity index (χ1v) is 13.6. The summed E-state index contributed by atoms with van der Waals surface area (Å²) >= 11 is 0. The maximum atomic E-state index is 10.7. The van der Waals surface area contributed by atoms with E-state index in [1.54, 1.807) is 24.3 Å². The first-order chi connectivity index (χ1) is 18.5. The zero-order valence-electron chi connectivity index (χ0n) is 21.5. The van der Waals surface area contributed by atoms with Crippen LogP contribution < -0.4 is 4.74 Å². The van der Waals surface area contributed by atoms with Crippen molar-refractivity contribution in [2.24, 2.45) is 16.7 Å². The third-order valence-electron chi connectivity index (χ3n) is 8.46. The van der Waals surface area contributed by atoms with E-state index in [2.05, 4.69) is 18.2 Å². The molecule has 0 aromatic heterocycles. The summed E-state index contributed by atoms with van der Waals surface area (Å²) in [4.78, 5) is 0. The number of rotatable bonds is 3. The van der Waals surface area contributed by atoms with Gasteiger partial charge in [0.2, 0.25) is 17.1 Å². The van der Waals surface area contributed by atoms with Crippen LogP contribution in [0.15, 0.2) is 54.6 Å². The fraction of sp³-hybridized carbons (Fsp3) is 0.484. The molecule has 2 aromatic rings. The number of hydrogen-bond acceptors (Lipinski definition) is 7. The molecule has 38 heavy (non-hydrogen) atoms. The molecule has 7 nitrogen and oxygen atoms in total. The highest BCUT2D eigenvalue weighted by molar-refractivity contribution is 5.89. The molecule has 3 aliphatic rings. The summed E-state index contributed by atoms with van der Waals surface area (Å²) in [6.07, 6.45) is 8.22. The second-order valence-electron chi connectivity index (χ2n) is 10.6. The highest BCUT2D eigenvalue weighted by Gasteiger charge is 2.79. The molecule has 0 radical (unpaired) electrons. The highest BCUT2D eigenvalue weighted by atomic mass is 16.7. The van der Waals surface area contributed by atoms with Gasteiger partial charge in [-0.2, -0.15) is 15.8 Å². The molecule has 3 fully saturated rings. The minimum atomic E-state index is -1.97. The molecule has 2 heterocycles. The van der Waals surface area contributed by atoms with Crippen molar-refractivity contribution in [1.29, 1.82) is 21.2 Å². The first kappa shape index (κ1) is 25.8. The van der Waals surface area contributed by atoms with Gasteiger partial charge in [0, 0.05) is 6.42 Å². The Kier molecular flexibility index (Phi) is 7.11. The molecule has 194 valence electrons. The Labute approximate surface area is 224 Å². The third kappa shape index (κ3) is 4.01. The van der Waals surface area contributed by atoms with Gasteiger partial charge >= 0.3 is 0 Å². The number of nitrogens with one attached hydrogen (secondary N) is 1. The minimum Gasteiger partial charge on any atom is -0.457 e. The van der Waals surface area contributed by atoms with Crippen LogP contribution >= 0.6 is 0 Å². The van der Waals surface area contributed by atoms with E-state index >= 15 is 0 Å². The van der Waals surface area contributed by atoms with Crippen LogP contribution in [-0.2, 0) is 9.47 Å². The average Bonchev–Trinajstić information content (AvgIpc) is 3.11. The van der Waals surface area contributed by atoms with Crippen molar-refractivity contribution in [3.8, 4) is 29.7 Å². The number of hydrogen-bond donors (Lipinski definition) is 1. The minimum absolute atomic E-state index is 0.317. The maximum absolute atomic E-state index is 10.7. The molecule has 4 atom stereocenters. The SMILES string of the molecule is N#CC1(C#N)C(c2cccc(Oc3ccccc3)c2)OC23CCCCCCCCCCC2C1(C#N)C(=N)O3. The van der Waals surface area contributed by atoms with E-state index in [9.17, 15) is 15.8 Å². The van der Waals surface area contributed by atoms with E-state index in [1.165, 1.54) is 12.8 Å². The maximum Gasteiger partial charge on any atom is 0.217 e. The Morgan fingerprint density at radius 1 is 0.789 bits per heavy atom. The van der Waals surface area contributed by atoms with Gasteiger partial charge < -0.3 is 14.2 Å². The van der Waals surface area contributed by atoms with Gasteiger partial charge in [0.15, 0.2) is 5.41 Å². The molecule has 2 saturated heterocycles. The van der Waals surface area contributed by atoms with Crippen LogP contribution in [0.3, 0.4) is 0 Å². The Morgan fingerprint density at radius 3 is 2.13 bits per heavy atom. The predicted molar refractivity (Wildman–Crippen MR) is 140 cm³/mol. The molecule has 2 aliphatic heterocycles. The average molecular weight is 509 g/mol. The van der Waals surface area contributed by atoms with Crippen molar-refractivity contribution in [1.82, 2.24) is 0 Å². The van der Waals surface area contributed by atoms with Gasteiger partial charge in [0.1, 0.15) is 17.6 Å². The van der Waals surface area contributed by atoms with Gasteiger partial charge in [-0.25, -0.2) is 0 Å². The van der Waals surface area contributed by atoms with Gasteiger partial charge in [0.05, 0.1) is 24.1 Å². The van der Waals surface area contributed by atoms with Crippen LogP contribution in [0.25, 0.3) is 0 Å². The summed E-state index contributed by atoms with van der Waals surface area (Å²) in [6, 6.07) is 23.1. The van der Waals surface area contributed by atoms with Gasteiger partial charge in [-0.3, -0.25) is 5.41 Å². The quantitative estimate of drug-likeness (QED) is 0.463. The second kappa shape index (κ2) is 10.5. The Balaban J connectivity index is 1.61. The summed E-state index contributed by atoms with van der Waals surface area (Å²) in [7, 11) is 0. The van der Waals surface area contributed by atoms with Crippen LogP contribution in [0.2, 0.25) is 0 Å². The summed E-state index contributed by atoms with van der Waals surface area (Å²) in [5, 5.41) is 40.9. The van der Waals surface area contributed by atoms with Crippen molar-refractivity contribution in [3.63, 3.8) is 0 Å². The molecule has 4 unspecified atom stereocenters. The topological polar surface area (TPSA) is 123 Å². The van der Waals surface area contributed by atoms with E-state index in [-0.39, 0.29) is 5.90 Å².